The van der Waals surface area contributed by atoms with Gasteiger partial charge in [0.25, 0.3) is 0 Å². The van der Waals surface area contributed by atoms with Crippen LogP contribution in [0, 0.1) is 0 Å². The summed E-state index contributed by atoms with van der Waals surface area (Å²) in [6, 6.07) is 64.8. The molecule has 0 atom stereocenters. The van der Waals surface area contributed by atoms with Crippen LogP contribution in [0.5, 0.6) is 0 Å². The highest BCUT2D eigenvalue weighted by Gasteiger charge is 2.32. The third-order valence-corrected chi connectivity index (χ3v) is 16.0. The molecule has 5 aromatic heterocycles. The minimum absolute atomic E-state index is 0.577. The minimum atomic E-state index is -1.19. The van der Waals surface area contributed by atoms with Gasteiger partial charge in [0.05, 0.1) is 61.0 Å². The zero-order valence-electron chi connectivity index (χ0n) is 34.3. The largest absolute Gasteiger partial charge is 0.278 e. The lowest BCUT2D eigenvalue weighted by Crippen LogP contribution is -2.04. The molecule has 0 aliphatic carbocycles. The molecule has 9 heteroatoms. The van der Waals surface area contributed by atoms with Crippen molar-refractivity contribution in [3.63, 3.8) is 0 Å². The van der Waals surface area contributed by atoms with Crippen molar-refractivity contribution in [2.24, 2.45) is 0 Å². The zero-order valence-corrected chi connectivity index (χ0v) is 35.1. The van der Waals surface area contributed by atoms with Gasteiger partial charge >= 0.3 is 0 Å². The fourth-order valence-corrected chi connectivity index (χ4v) is 12.7. The molecule has 0 radical (unpaired) electrons. The van der Waals surface area contributed by atoms with Crippen LogP contribution in [-0.2, 0) is 0 Å². The smallest absolute Gasteiger partial charge is 0.238 e. The number of nitrogens with zero attached hydrogens (tertiary/aromatic N) is 8. The van der Waals surface area contributed by atoms with Crippen LogP contribution < -0.4 is 0 Å². The monoisotopic (exact) mass is 828 g/mol. The average molecular weight is 829 g/mol. The number of rotatable bonds is 4. The molecule has 0 N–H and O–H groups in total. The quantitative estimate of drug-likeness (QED) is 0.177. The number of aromatic nitrogens is 8. The van der Waals surface area contributed by atoms with Crippen LogP contribution in [0.1, 0.15) is 0 Å². The predicted octanol–water partition coefficient (Wildman–Crippen LogP) is 12.9. The van der Waals surface area contributed by atoms with Crippen LogP contribution in [0.4, 0.5) is 0 Å². The van der Waals surface area contributed by atoms with E-state index in [0.29, 0.717) is 5.95 Å². The number of hydrogen-bond acceptors (Lipinski definition) is 4. The Balaban J connectivity index is 0.987. The summed E-state index contributed by atoms with van der Waals surface area (Å²) in [5.41, 5.74) is 17.0. The van der Waals surface area contributed by atoms with Gasteiger partial charge in [0.1, 0.15) is 0 Å². The van der Waals surface area contributed by atoms with Crippen LogP contribution >= 0.6 is 10.0 Å². The molecule has 0 unspecified atom stereocenters. The minimum Gasteiger partial charge on any atom is -0.278 e. The van der Waals surface area contributed by atoms with Gasteiger partial charge in [0, 0.05) is 20.7 Å². The molecule has 13 aromatic rings. The first kappa shape index (κ1) is 34.7. The molecule has 8 aromatic carbocycles. The van der Waals surface area contributed by atoms with Crippen molar-refractivity contribution in [2.45, 2.75) is 9.79 Å². The SMILES string of the molecule is CS1(C)c2ccccc2-c2ccc(-n3c4ccc(-c5ccc6c(c5)n5c7ccccc7nc5n6-c5nc(-c6ccccc6)c6ccccc6n5)cc4n4c5ccccc5nc34)cc21. The van der Waals surface area contributed by atoms with Crippen molar-refractivity contribution in [1.29, 1.82) is 0 Å². The molecule has 0 bridgehead atoms. The second-order valence-corrected chi connectivity index (χ2v) is 20.3. The Kier molecular flexibility index (Phi) is 6.90. The molecule has 14 rings (SSSR count). The van der Waals surface area contributed by atoms with E-state index in [4.69, 9.17) is 19.9 Å². The summed E-state index contributed by atoms with van der Waals surface area (Å²) >= 11 is 0. The molecule has 6 heterocycles. The van der Waals surface area contributed by atoms with Gasteiger partial charge in [-0.3, -0.25) is 13.4 Å². The van der Waals surface area contributed by atoms with Gasteiger partial charge in [-0.25, -0.2) is 24.5 Å². The molecule has 0 fully saturated rings. The Bertz CT molecular complexity index is 4080. The van der Waals surface area contributed by atoms with E-state index >= 15 is 0 Å². The lowest BCUT2D eigenvalue weighted by Gasteiger charge is -2.28. The normalized spacial score (nSPS) is 13.9. The molecule has 0 amide bonds. The zero-order chi connectivity index (χ0) is 41.6. The number of imidazole rings is 4. The van der Waals surface area contributed by atoms with Gasteiger partial charge in [0.2, 0.25) is 17.5 Å². The van der Waals surface area contributed by atoms with Gasteiger partial charge in [-0.2, -0.15) is 10.0 Å². The van der Waals surface area contributed by atoms with Gasteiger partial charge in [0.15, 0.2) is 0 Å². The van der Waals surface area contributed by atoms with E-state index in [0.717, 1.165) is 94.7 Å². The Morgan fingerprint density at radius 3 is 1.67 bits per heavy atom. The summed E-state index contributed by atoms with van der Waals surface area (Å²) in [6.07, 6.45) is 4.84. The first-order valence-corrected chi connectivity index (χ1v) is 23.6. The summed E-state index contributed by atoms with van der Waals surface area (Å²) in [5, 5.41) is 1.01. The third kappa shape index (κ3) is 4.77. The van der Waals surface area contributed by atoms with Gasteiger partial charge < -0.3 is 0 Å². The highest BCUT2D eigenvalue weighted by molar-refractivity contribution is 8.33. The van der Waals surface area contributed by atoms with Crippen molar-refractivity contribution in [3.8, 4) is 45.1 Å². The van der Waals surface area contributed by atoms with Crippen molar-refractivity contribution in [1.82, 2.24) is 37.9 Å². The van der Waals surface area contributed by atoms with E-state index in [2.05, 4.69) is 188 Å². The van der Waals surface area contributed by atoms with Crippen molar-refractivity contribution in [3.05, 3.63) is 182 Å². The van der Waals surface area contributed by atoms with E-state index < -0.39 is 10.0 Å². The van der Waals surface area contributed by atoms with Crippen LogP contribution in [0.15, 0.2) is 192 Å². The second kappa shape index (κ2) is 12.5. The predicted molar refractivity (Wildman–Crippen MR) is 258 cm³/mol. The standard InChI is InChI=1S/C54H36N8S/c1-63(2)49-23-13-7-16-37(49)38-27-26-36(32-50(38)63)59-45-28-24-34(30-47(45)60-43-21-11-9-19-41(43)56-53(59)60)35-25-29-46-48(31-35)61-44-22-12-10-20-42(44)57-54(61)62(46)52-55-40-18-8-6-17-39(40)51(58-52)33-14-4-3-5-15-33/h3-32H,1-2H3. The van der Waals surface area contributed by atoms with E-state index in [1.807, 2.05) is 24.3 Å². The maximum absolute atomic E-state index is 5.30. The summed E-state index contributed by atoms with van der Waals surface area (Å²) < 4.78 is 9.03. The Labute approximate surface area is 362 Å². The molecule has 298 valence electrons. The first-order valence-electron chi connectivity index (χ1n) is 21.1. The highest BCUT2D eigenvalue weighted by atomic mass is 32.3. The highest BCUT2D eigenvalue weighted by Crippen LogP contribution is 2.67. The summed E-state index contributed by atoms with van der Waals surface area (Å²) in [7, 11) is -1.19. The number of fused-ring (bicyclic) bond motifs is 14. The van der Waals surface area contributed by atoms with Gasteiger partial charge in [-0.15, -0.1) is 0 Å². The number of hydrogen-bond donors (Lipinski definition) is 0. The maximum atomic E-state index is 5.30. The summed E-state index contributed by atoms with van der Waals surface area (Å²) in [6.45, 7) is 0. The van der Waals surface area contributed by atoms with Crippen LogP contribution in [0.3, 0.4) is 0 Å². The molecular formula is C54H36N8S. The van der Waals surface area contributed by atoms with Crippen molar-refractivity contribution in [2.75, 3.05) is 12.5 Å². The fourth-order valence-electron chi connectivity index (χ4n) is 10.1. The molecule has 1 aliphatic rings. The first-order chi connectivity index (χ1) is 31.0. The van der Waals surface area contributed by atoms with E-state index in [-0.39, 0.29) is 0 Å². The lowest BCUT2D eigenvalue weighted by atomic mass is 10.0. The van der Waals surface area contributed by atoms with Crippen LogP contribution in [-0.4, -0.2) is 50.4 Å². The second-order valence-electron chi connectivity index (χ2n) is 16.8. The topological polar surface area (TPSA) is 70.2 Å². The molecule has 0 saturated heterocycles. The van der Waals surface area contributed by atoms with Crippen molar-refractivity contribution < 1.29 is 0 Å². The van der Waals surface area contributed by atoms with Crippen LogP contribution in [0.2, 0.25) is 0 Å². The van der Waals surface area contributed by atoms with Gasteiger partial charge in [-0.05, 0) is 108 Å². The molecule has 1 aliphatic heterocycles. The van der Waals surface area contributed by atoms with E-state index in [1.165, 1.54) is 20.9 Å². The Morgan fingerprint density at radius 2 is 0.952 bits per heavy atom. The molecule has 0 saturated carbocycles. The average Bonchev–Trinajstić information content (AvgIpc) is 4.11. The van der Waals surface area contributed by atoms with Crippen molar-refractivity contribution >= 4 is 76.6 Å². The van der Waals surface area contributed by atoms with E-state index in [1.54, 1.807) is 0 Å². The molecule has 63 heavy (non-hydrogen) atoms. The number of benzene rings is 8. The molecule has 0 spiro atoms. The molecule has 8 nitrogen and oxygen atoms in total. The van der Waals surface area contributed by atoms with Gasteiger partial charge in [-0.1, -0.05) is 109 Å². The number of para-hydroxylation sites is 5. The summed E-state index contributed by atoms with van der Waals surface area (Å²) in [5.74, 6) is 2.24. The molecular weight excluding hydrogens is 793 g/mol. The lowest BCUT2D eigenvalue weighted by molar-refractivity contribution is 0.986. The Hall–Kier alpha value is -8.01. The third-order valence-electron chi connectivity index (χ3n) is 13.1. The maximum Gasteiger partial charge on any atom is 0.238 e. The van der Waals surface area contributed by atoms with Crippen LogP contribution in [0.25, 0.3) is 112 Å². The summed E-state index contributed by atoms with van der Waals surface area (Å²) in [4.78, 5) is 23.9. The Morgan fingerprint density at radius 1 is 0.381 bits per heavy atom. The van der Waals surface area contributed by atoms with E-state index in [9.17, 15) is 0 Å². The fraction of sp³-hybridized carbons (Fsp3) is 0.0370.